The highest BCUT2D eigenvalue weighted by atomic mass is 16.5. The Hall–Kier alpha value is -4.24. The fraction of sp³-hybridized carbons (Fsp3) is 0.292. The lowest BCUT2D eigenvalue weighted by Gasteiger charge is -2.27. The molecule has 4 amide bonds. The minimum Gasteiger partial charge on any atom is -0.481 e. The monoisotopic (exact) mass is 552 g/mol. The molecule has 4 rings (SSSR count). The van der Waals surface area contributed by atoms with E-state index in [9.17, 15) is 34.0 Å². The molecule has 40 heavy (non-hydrogen) atoms. The minimum atomic E-state index is -1.68. The van der Waals surface area contributed by atoms with Crippen molar-refractivity contribution in [2.24, 2.45) is 0 Å². The summed E-state index contributed by atoms with van der Waals surface area (Å²) in [5.41, 5.74) is 2.20. The molecule has 2 heterocycles. The Morgan fingerprint density at radius 2 is 1.30 bits per heavy atom. The van der Waals surface area contributed by atoms with Gasteiger partial charge in [0.15, 0.2) is 0 Å². The molecule has 2 aromatic rings. The first-order valence-corrected chi connectivity index (χ1v) is 12.3. The van der Waals surface area contributed by atoms with Crippen LogP contribution in [0.15, 0.2) is 36.4 Å². The van der Waals surface area contributed by atoms with Crippen LogP contribution in [0.1, 0.15) is 38.3 Å². The molecule has 0 saturated carbocycles. The summed E-state index contributed by atoms with van der Waals surface area (Å²) in [5, 5.41) is 38.5. The number of aliphatic carboxylic acids is 1. The van der Waals surface area contributed by atoms with Crippen LogP contribution in [0.2, 0.25) is 0 Å². The molecule has 7 N–H and O–H groups in total. The van der Waals surface area contributed by atoms with Crippen molar-refractivity contribution in [2.45, 2.75) is 31.7 Å². The zero-order valence-electron chi connectivity index (χ0n) is 21.3. The summed E-state index contributed by atoms with van der Waals surface area (Å²) >= 11 is 0. The fourth-order valence-corrected chi connectivity index (χ4v) is 4.32. The molecule has 208 valence electrons. The summed E-state index contributed by atoms with van der Waals surface area (Å²) < 4.78 is 10.3. The number of likely N-dealkylation sites (N-methyl/N-ethyl adjacent to an activating group) is 1. The van der Waals surface area contributed by atoms with Crippen molar-refractivity contribution >= 4 is 54.8 Å². The zero-order chi connectivity index (χ0) is 29.0. The first-order chi connectivity index (χ1) is 19.1. The predicted molar refractivity (Wildman–Crippen MR) is 140 cm³/mol. The molecule has 2 aliphatic rings. The van der Waals surface area contributed by atoms with Gasteiger partial charge in [-0.05, 0) is 46.3 Å². The van der Waals surface area contributed by atoms with Gasteiger partial charge < -0.3 is 45.7 Å². The molecule has 0 spiro atoms. The Bertz CT molecular complexity index is 1360. The standard InChI is InChI=1S/C24H26B2N4O10/c1-27-23(35)19(29-21(33)12-2-4-14-10-39-25(37)16(14)8-12)20(24(36)28-7-6-18(31)32)30-22(34)13-3-5-15-11-40-26(38)17(15)9-13/h2-5,8-9,19-20,37-38H,6-7,10-11H2,1H3,(H,27,35)(H,28,36)(H,29,33)(H,30,34)(H,31,32)/t19?,20-/m0/s1. The van der Waals surface area contributed by atoms with E-state index in [0.29, 0.717) is 22.1 Å². The smallest absolute Gasteiger partial charge is 0.481 e. The van der Waals surface area contributed by atoms with Crippen molar-refractivity contribution in [3.05, 3.63) is 58.7 Å². The van der Waals surface area contributed by atoms with Crippen LogP contribution in [0.3, 0.4) is 0 Å². The van der Waals surface area contributed by atoms with E-state index < -0.39 is 62.3 Å². The molecule has 14 nitrogen and oxygen atoms in total. The lowest BCUT2D eigenvalue weighted by Crippen LogP contribution is -2.63. The van der Waals surface area contributed by atoms with Gasteiger partial charge in [-0.3, -0.25) is 24.0 Å². The van der Waals surface area contributed by atoms with Crippen molar-refractivity contribution in [3.63, 3.8) is 0 Å². The van der Waals surface area contributed by atoms with Gasteiger partial charge in [0, 0.05) is 24.7 Å². The highest BCUT2D eigenvalue weighted by Crippen LogP contribution is 2.14. The number of carbonyl (C=O) groups is 5. The van der Waals surface area contributed by atoms with Crippen LogP contribution in [0, 0.1) is 0 Å². The molecule has 0 fully saturated rings. The molecular formula is C24H26B2N4O10. The van der Waals surface area contributed by atoms with Crippen LogP contribution in [0.25, 0.3) is 0 Å². The van der Waals surface area contributed by atoms with E-state index in [0.717, 1.165) is 0 Å². The number of carbonyl (C=O) groups excluding carboxylic acids is 4. The molecular weight excluding hydrogens is 526 g/mol. The normalized spacial score (nSPS) is 15.0. The Morgan fingerprint density at radius 3 is 1.75 bits per heavy atom. The second-order valence-electron chi connectivity index (χ2n) is 9.11. The van der Waals surface area contributed by atoms with Gasteiger partial charge in [-0.2, -0.15) is 0 Å². The van der Waals surface area contributed by atoms with Crippen molar-refractivity contribution < 1.29 is 48.4 Å². The van der Waals surface area contributed by atoms with E-state index >= 15 is 0 Å². The highest BCUT2D eigenvalue weighted by molar-refractivity contribution is 6.62. The maximum atomic E-state index is 13.2. The Balaban J connectivity index is 1.60. The fourth-order valence-electron chi connectivity index (χ4n) is 4.32. The number of rotatable bonds is 10. The van der Waals surface area contributed by atoms with Crippen molar-refractivity contribution in [3.8, 4) is 0 Å². The minimum absolute atomic E-state index is 0.0428. The summed E-state index contributed by atoms with van der Waals surface area (Å²) in [4.78, 5) is 63.3. The van der Waals surface area contributed by atoms with E-state index in [1.807, 2.05) is 0 Å². The van der Waals surface area contributed by atoms with Crippen molar-refractivity contribution in [1.82, 2.24) is 21.3 Å². The molecule has 16 heteroatoms. The lowest BCUT2D eigenvalue weighted by atomic mass is 9.78. The average Bonchev–Trinajstić information content (AvgIpc) is 3.50. The molecule has 0 aromatic heterocycles. The lowest BCUT2D eigenvalue weighted by molar-refractivity contribution is -0.137. The Kier molecular flexibility index (Phi) is 8.84. The predicted octanol–water partition coefficient (Wildman–Crippen LogP) is -3.64. The molecule has 2 aliphatic heterocycles. The Labute approximate surface area is 228 Å². The number of hydrogen-bond donors (Lipinski definition) is 7. The average molecular weight is 552 g/mol. The summed E-state index contributed by atoms with van der Waals surface area (Å²) in [6, 6.07) is 5.52. The van der Waals surface area contributed by atoms with Crippen LogP contribution < -0.4 is 32.2 Å². The van der Waals surface area contributed by atoms with Crippen LogP contribution in [-0.2, 0) is 36.9 Å². The second kappa shape index (κ2) is 12.3. The maximum absolute atomic E-state index is 13.2. The Morgan fingerprint density at radius 1 is 0.825 bits per heavy atom. The van der Waals surface area contributed by atoms with Gasteiger partial charge in [0.05, 0.1) is 19.6 Å². The quantitative estimate of drug-likeness (QED) is 0.144. The van der Waals surface area contributed by atoms with Gasteiger partial charge in [0.2, 0.25) is 11.8 Å². The molecule has 0 saturated heterocycles. The van der Waals surface area contributed by atoms with E-state index in [4.69, 9.17) is 14.4 Å². The largest absolute Gasteiger partial charge is 0.491 e. The summed E-state index contributed by atoms with van der Waals surface area (Å²) in [7, 11) is -1.18. The third-order valence-corrected chi connectivity index (χ3v) is 6.50. The third-order valence-electron chi connectivity index (χ3n) is 6.50. The number of hydrogen-bond acceptors (Lipinski definition) is 9. The van der Waals surface area contributed by atoms with Gasteiger partial charge in [-0.15, -0.1) is 0 Å². The zero-order valence-corrected chi connectivity index (χ0v) is 21.3. The summed E-state index contributed by atoms with van der Waals surface area (Å²) in [5.74, 6) is -4.52. The number of amides is 4. The van der Waals surface area contributed by atoms with Crippen LogP contribution in [0.5, 0.6) is 0 Å². The topological polar surface area (TPSA) is 213 Å². The molecule has 0 aliphatic carbocycles. The second-order valence-corrected chi connectivity index (χ2v) is 9.11. The number of benzene rings is 2. The number of carboxylic acids is 1. The molecule has 0 radical (unpaired) electrons. The molecule has 0 bridgehead atoms. The van der Waals surface area contributed by atoms with E-state index in [1.165, 1.54) is 31.3 Å². The summed E-state index contributed by atoms with van der Waals surface area (Å²) in [6.45, 7) is 0.0133. The third kappa shape index (κ3) is 6.31. The van der Waals surface area contributed by atoms with E-state index in [1.54, 1.807) is 12.1 Å². The van der Waals surface area contributed by atoms with Crippen molar-refractivity contribution in [1.29, 1.82) is 0 Å². The van der Waals surface area contributed by atoms with Gasteiger partial charge in [0.25, 0.3) is 11.8 Å². The number of carboxylic acid groups (broad SMARTS) is 1. The van der Waals surface area contributed by atoms with E-state index in [2.05, 4.69) is 21.3 Å². The van der Waals surface area contributed by atoms with Gasteiger partial charge in [-0.1, -0.05) is 12.1 Å². The number of fused-ring (bicyclic) bond motifs is 2. The summed E-state index contributed by atoms with van der Waals surface area (Å²) in [6.07, 6.45) is -0.425. The van der Waals surface area contributed by atoms with Gasteiger partial charge >= 0.3 is 20.2 Å². The SMILES string of the molecule is CNC(=O)C(NC(=O)c1ccc2c(c1)B(O)OC2)[C@H](NC(=O)c1ccc2c(c1)B(O)OC2)C(=O)NCCC(=O)O. The van der Waals surface area contributed by atoms with Gasteiger partial charge in [0.1, 0.15) is 12.1 Å². The maximum Gasteiger partial charge on any atom is 0.491 e. The van der Waals surface area contributed by atoms with E-state index in [-0.39, 0.29) is 30.9 Å². The molecule has 2 atom stereocenters. The first kappa shape index (κ1) is 28.8. The van der Waals surface area contributed by atoms with Gasteiger partial charge in [-0.25, -0.2) is 0 Å². The van der Waals surface area contributed by atoms with Crippen LogP contribution >= 0.6 is 0 Å². The first-order valence-electron chi connectivity index (χ1n) is 12.3. The molecule has 1 unspecified atom stereocenters. The van der Waals surface area contributed by atoms with Crippen LogP contribution in [0.4, 0.5) is 0 Å². The van der Waals surface area contributed by atoms with Crippen molar-refractivity contribution in [2.75, 3.05) is 13.6 Å². The number of nitrogens with one attached hydrogen (secondary N) is 4. The highest BCUT2D eigenvalue weighted by Gasteiger charge is 2.37. The molecule has 2 aromatic carbocycles. The van der Waals surface area contributed by atoms with Crippen LogP contribution in [-0.4, -0.2) is 84.7 Å².